The summed E-state index contributed by atoms with van der Waals surface area (Å²) in [4.78, 5) is 0. The van der Waals surface area contributed by atoms with Crippen molar-refractivity contribution in [1.82, 2.24) is 9.78 Å². The summed E-state index contributed by atoms with van der Waals surface area (Å²) in [5, 5.41) is 6.46. The Bertz CT molecular complexity index is 515. The van der Waals surface area contributed by atoms with Crippen LogP contribution < -0.4 is 0 Å². The molecule has 2 rings (SSSR count). The third kappa shape index (κ3) is 1.62. The van der Waals surface area contributed by atoms with E-state index in [9.17, 15) is 0 Å². The summed E-state index contributed by atoms with van der Waals surface area (Å²) in [5.41, 5.74) is 2.10. The fraction of sp³-hybridized carbons (Fsp3) is 0.364. The zero-order chi connectivity index (χ0) is 11.2. The molecular weight excluding hydrogens is 231 g/mol. The number of hydrogen-bond donors (Lipinski definition) is 0. The van der Waals surface area contributed by atoms with Gasteiger partial charge in [-0.15, -0.1) is 0 Å². The molecule has 0 radical (unpaired) electrons. The SMILES string of the molecule is CC(C)c1c(Cl)ccc2c1c(Cl)nn2C. The molecule has 1 aromatic heterocycles. The summed E-state index contributed by atoms with van der Waals surface area (Å²) in [5.74, 6) is 0.336. The van der Waals surface area contributed by atoms with Crippen LogP contribution in [-0.2, 0) is 7.05 Å². The second-order valence-electron chi connectivity index (χ2n) is 3.92. The number of aromatic nitrogens is 2. The van der Waals surface area contributed by atoms with E-state index in [4.69, 9.17) is 23.2 Å². The molecule has 0 atom stereocenters. The lowest BCUT2D eigenvalue weighted by atomic mass is 9.99. The second-order valence-corrected chi connectivity index (χ2v) is 4.69. The van der Waals surface area contributed by atoms with Crippen molar-refractivity contribution in [2.75, 3.05) is 0 Å². The van der Waals surface area contributed by atoms with Crippen LogP contribution in [0.25, 0.3) is 10.9 Å². The zero-order valence-electron chi connectivity index (χ0n) is 8.88. The molecule has 0 saturated carbocycles. The van der Waals surface area contributed by atoms with Crippen LogP contribution in [0.2, 0.25) is 10.2 Å². The van der Waals surface area contributed by atoms with Gasteiger partial charge in [0.15, 0.2) is 5.15 Å². The molecule has 80 valence electrons. The molecule has 4 heteroatoms. The smallest absolute Gasteiger partial charge is 0.159 e. The minimum Gasteiger partial charge on any atom is -0.266 e. The van der Waals surface area contributed by atoms with E-state index < -0.39 is 0 Å². The van der Waals surface area contributed by atoms with Gasteiger partial charge in [0.25, 0.3) is 0 Å². The predicted octanol–water partition coefficient (Wildman–Crippen LogP) is 4.00. The number of nitrogens with zero attached hydrogens (tertiary/aromatic N) is 2. The summed E-state index contributed by atoms with van der Waals surface area (Å²) < 4.78 is 1.78. The molecule has 15 heavy (non-hydrogen) atoms. The van der Waals surface area contributed by atoms with Crippen LogP contribution in [0.1, 0.15) is 25.3 Å². The first-order valence-electron chi connectivity index (χ1n) is 4.83. The van der Waals surface area contributed by atoms with Gasteiger partial charge in [-0.1, -0.05) is 37.0 Å². The molecule has 0 fully saturated rings. The van der Waals surface area contributed by atoms with Crippen LogP contribution >= 0.6 is 23.2 Å². The first-order chi connectivity index (χ1) is 7.02. The van der Waals surface area contributed by atoms with Crippen molar-refractivity contribution in [1.29, 1.82) is 0 Å². The van der Waals surface area contributed by atoms with Gasteiger partial charge in [0.1, 0.15) is 0 Å². The van der Waals surface area contributed by atoms with E-state index in [-0.39, 0.29) is 0 Å². The van der Waals surface area contributed by atoms with E-state index in [2.05, 4.69) is 18.9 Å². The predicted molar refractivity (Wildman–Crippen MR) is 64.8 cm³/mol. The molecule has 0 unspecified atom stereocenters. The highest BCUT2D eigenvalue weighted by atomic mass is 35.5. The maximum atomic E-state index is 6.18. The van der Waals surface area contributed by atoms with Gasteiger partial charge in [0.2, 0.25) is 0 Å². The van der Waals surface area contributed by atoms with Crippen molar-refractivity contribution in [3.63, 3.8) is 0 Å². The maximum absolute atomic E-state index is 6.18. The third-order valence-corrected chi connectivity index (χ3v) is 3.13. The van der Waals surface area contributed by atoms with Crippen molar-refractivity contribution >= 4 is 34.1 Å². The second kappa shape index (κ2) is 3.69. The third-order valence-electron chi connectivity index (χ3n) is 2.54. The van der Waals surface area contributed by atoms with Crippen molar-refractivity contribution in [3.8, 4) is 0 Å². The topological polar surface area (TPSA) is 17.8 Å². The van der Waals surface area contributed by atoms with Crippen LogP contribution in [0.4, 0.5) is 0 Å². The van der Waals surface area contributed by atoms with E-state index in [1.54, 1.807) is 4.68 Å². The molecule has 0 saturated heterocycles. The minimum absolute atomic E-state index is 0.336. The first kappa shape index (κ1) is 10.8. The Morgan fingerprint density at radius 1 is 1.27 bits per heavy atom. The summed E-state index contributed by atoms with van der Waals surface area (Å²) >= 11 is 12.3. The maximum Gasteiger partial charge on any atom is 0.159 e. The zero-order valence-corrected chi connectivity index (χ0v) is 10.4. The molecule has 0 amide bonds. The summed E-state index contributed by atoms with van der Waals surface area (Å²) in [6.45, 7) is 4.20. The Morgan fingerprint density at radius 3 is 2.53 bits per heavy atom. The monoisotopic (exact) mass is 242 g/mol. The minimum atomic E-state index is 0.336. The summed E-state index contributed by atoms with van der Waals surface area (Å²) in [7, 11) is 1.88. The van der Waals surface area contributed by atoms with Gasteiger partial charge in [-0.3, -0.25) is 4.68 Å². The average Bonchev–Trinajstić information content (AvgIpc) is 2.41. The number of halogens is 2. The number of hydrogen-bond acceptors (Lipinski definition) is 1. The molecule has 0 aliphatic heterocycles. The highest BCUT2D eigenvalue weighted by Gasteiger charge is 2.16. The molecule has 2 aromatic rings. The number of fused-ring (bicyclic) bond motifs is 1. The first-order valence-corrected chi connectivity index (χ1v) is 5.58. The Balaban J connectivity index is 2.92. The summed E-state index contributed by atoms with van der Waals surface area (Å²) in [6, 6.07) is 3.85. The Hall–Kier alpha value is -0.730. The number of rotatable bonds is 1. The standard InChI is InChI=1S/C11H12Cl2N2/c1-6(2)9-7(12)4-5-8-10(9)11(13)14-15(8)3/h4-6H,1-3H3. The van der Waals surface area contributed by atoms with Crippen molar-refractivity contribution in [3.05, 3.63) is 27.9 Å². The van der Waals surface area contributed by atoms with E-state index in [0.29, 0.717) is 11.1 Å². The van der Waals surface area contributed by atoms with Gasteiger partial charge in [-0.05, 0) is 23.6 Å². The van der Waals surface area contributed by atoms with Crippen molar-refractivity contribution in [2.45, 2.75) is 19.8 Å². The molecule has 1 heterocycles. The Labute approximate surface area is 98.8 Å². The lowest BCUT2D eigenvalue weighted by Crippen LogP contribution is -1.92. The van der Waals surface area contributed by atoms with Gasteiger partial charge in [0.05, 0.1) is 5.52 Å². The quantitative estimate of drug-likeness (QED) is 0.740. The van der Waals surface area contributed by atoms with Gasteiger partial charge >= 0.3 is 0 Å². The van der Waals surface area contributed by atoms with Crippen molar-refractivity contribution < 1.29 is 0 Å². The molecule has 2 nitrogen and oxygen atoms in total. The molecule has 0 aliphatic carbocycles. The van der Waals surface area contributed by atoms with E-state index in [0.717, 1.165) is 21.5 Å². The number of benzene rings is 1. The summed E-state index contributed by atoms with van der Waals surface area (Å²) in [6.07, 6.45) is 0. The Kier molecular flexibility index (Phi) is 2.65. The fourth-order valence-electron chi connectivity index (χ4n) is 1.87. The molecule has 0 aliphatic rings. The molecule has 0 N–H and O–H groups in total. The molecular formula is C11H12Cl2N2. The van der Waals surface area contributed by atoms with Crippen LogP contribution in [0.3, 0.4) is 0 Å². The van der Waals surface area contributed by atoms with Crippen LogP contribution in [0, 0.1) is 0 Å². The van der Waals surface area contributed by atoms with E-state index in [1.165, 1.54) is 0 Å². The lowest BCUT2D eigenvalue weighted by molar-refractivity contribution is 0.797. The molecule has 1 aromatic carbocycles. The lowest BCUT2D eigenvalue weighted by Gasteiger charge is -2.09. The molecule has 0 spiro atoms. The molecule has 0 bridgehead atoms. The van der Waals surface area contributed by atoms with E-state index in [1.807, 2.05) is 19.2 Å². The highest BCUT2D eigenvalue weighted by molar-refractivity contribution is 6.37. The largest absolute Gasteiger partial charge is 0.266 e. The normalized spacial score (nSPS) is 11.6. The van der Waals surface area contributed by atoms with Gasteiger partial charge in [0, 0.05) is 17.5 Å². The van der Waals surface area contributed by atoms with Crippen molar-refractivity contribution in [2.24, 2.45) is 7.05 Å². The van der Waals surface area contributed by atoms with Crippen LogP contribution in [0.15, 0.2) is 12.1 Å². The van der Waals surface area contributed by atoms with Gasteiger partial charge in [-0.2, -0.15) is 5.10 Å². The Morgan fingerprint density at radius 2 is 1.93 bits per heavy atom. The average molecular weight is 243 g/mol. The van der Waals surface area contributed by atoms with Crippen LogP contribution in [-0.4, -0.2) is 9.78 Å². The number of aryl methyl sites for hydroxylation is 1. The van der Waals surface area contributed by atoms with E-state index >= 15 is 0 Å². The van der Waals surface area contributed by atoms with Gasteiger partial charge < -0.3 is 0 Å². The fourth-order valence-corrected chi connectivity index (χ4v) is 2.56. The van der Waals surface area contributed by atoms with Crippen LogP contribution in [0.5, 0.6) is 0 Å². The highest BCUT2D eigenvalue weighted by Crippen LogP contribution is 2.35. The van der Waals surface area contributed by atoms with Gasteiger partial charge in [-0.25, -0.2) is 0 Å².